The van der Waals surface area contributed by atoms with E-state index in [1.165, 1.54) is 6.07 Å². The molecule has 0 fully saturated rings. The average Bonchev–Trinajstić information content (AvgIpc) is 2.87. The molecule has 0 saturated carbocycles. The minimum Gasteiger partial charge on any atom is -0.394 e. The number of benzene rings is 1. The number of carbonyl (C=O) groups excluding carboxylic acids is 1. The number of carbonyl (C=O) groups is 1. The Kier molecular flexibility index (Phi) is 6.05. The van der Waals surface area contributed by atoms with Crippen molar-refractivity contribution < 1.29 is 18.7 Å². The van der Waals surface area contributed by atoms with Crippen LogP contribution >= 0.6 is 0 Å². The zero-order chi connectivity index (χ0) is 21.3. The van der Waals surface area contributed by atoms with Crippen molar-refractivity contribution in [2.75, 3.05) is 20.2 Å². The van der Waals surface area contributed by atoms with Gasteiger partial charge in [-0.1, -0.05) is 20.8 Å². The Morgan fingerprint density at radius 1 is 1.28 bits per heavy atom. The Hall–Kier alpha value is -2.32. The van der Waals surface area contributed by atoms with Crippen LogP contribution in [0.4, 0.5) is 8.78 Å². The lowest BCUT2D eigenvalue weighted by Gasteiger charge is -2.29. The van der Waals surface area contributed by atoms with Crippen molar-refractivity contribution in [1.29, 1.82) is 0 Å². The summed E-state index contributed by atoms with van der Waals surface area (Å²) in [6.45, 7) is 7.59. The fraction of sp³-hybridized carbons (Fsp3) is 0.524. The van der Waals surface area contributed by atoms with Gasteiger partial charge in [-0.2, -0.15) is 0 Å². The zero-order valence-electron chi connectivity index (χ0n) is 17.3. The SMILES string of the molecule is CN1CCCn2c(-c3ccc(F)c(F)c3)nc(C(=O)NC(CO)C(C)(C)C)c2C1. The van der Waals surface area contributed by atoms with Crippen LogP contribution in [0.15, 0.2) is 18.2 Å². The van der Waals surface area contributed by atoms with Crippen molar-refractivity contribution >= 4 is 5.91 Å². The van der Waals surface area contributed by atoms with Gasteiger partial charge in [0.05, 0.1) is 18.3 Å². The Balaban J connectivity index is 2.06. The molecule has 0 bridgehead atoms. The molecule has 2 aromatic rings. The normalized spacial score (nSPS) is 16.2. The number of hydrogen-bond donors (Lipinski definition) is 2. The summed E-state index contributed by atoms with van der Waals surface area (Å²) in [4.78, 5) is 19.7. The van der Waals surface area contributed by atoms with E-state index in [0.29, 0.717) is 24.5 Å². The third-order valence-electron chi connectivity index (χ3n) is 5.34. The molecule has 3 rings (SSSR count). The molecule has 1 amide bonds. The number of amides is 1. The van der Waals surface area contributed by atoms with Crippen LogP contribution in [0.5, 0.6) is 0 Å². The van der Waals surface area contributed by atoms with E-state index in [2.05, 4.69) is 15.2 Å². The summed E-state index contributed by atoms with van der Waals surface area (Å²) in [5.74, 6) is -1.82. The summed E-state index contributed by atoms with van der Waals surface area (Å²) >= 11 is 0. The number of aromatic nitrogens is 2. The molecule has 2 N–H and O–H groups in total. The highest BCUT2D eigenvalue weighted by Crippen LogP contribution is 2.28. The molecule has 8 heteroatoms. The second kappa shape index (κ2) is 8.20. The van der Waals surface area contributed by atoms with Crippen molar-refractivity contribution in [3.05, 3.63) is 41.2 Å². The maximum absolute atomic E-state index is 13.8. The molecule has 1 aromatic heterocycles. The lowest BCUT2D eigenvalue weighted by Crippen LogP contribution is -2.46. The quantitative estimate of drug-likeness (QED) is 0.819. The number of hydrogen-bond acceptors (Lipinski definition) is 4. The van der Waals surface area contributed by atoms with Gasteiger partial charge < -0.3 is 19.9 Å². The second-order valence-corrected chi connectivity index (χ2v) is 8.68. The van der Waals surface area contributed by atoms with E-state index in [1.807, 2.05) is 32.4 Å². The summed E-state index contributed by atoms with van der Waals surface area (Å²) in [5, 5.41) is 12.6. The minimum absolute atomic E-state index is 0.193. The second-order valence-electron chi connectivity index (χ2n) is 8.68. The highest BCUT2D eigenvalue weighted by atomic mass is 19.2. The summed E-state index contributed by atoms with van der Waals surface area (Å²) in [7, 11) is 1.97. The molecular formula is C21H28F2N4O2. The lowest BCUT2D eigenvalue weighted by molar-refractivity contribution is 0.0841. The maximum Gasteiger partial charge on any atom is 0.272 e. The standard InChI is InChI=1S/C21H28F2N4O2/c1-21(2,3)17(12-28)24-20(29)18-16-11-26(4)8-5-9-27(16)19(25-18)13-6-7-14(22)15(23)10-13/h6-7,10,17,28H,5,8-9,11-12H2,1-4H3,(H,24,29). The number of nitrogens with zero attached hydrogens (tertiary/aromatic N) is 3. The fourth-order valence-corrected chi connectivity index (χ4v) is 3.52. The molecule has 6 nitrogen and oxygen atoms in total. The van der Waals surface area contributed by atoms with E-state index in [4.69, 9.17) is 0 Å². The highest BCUT2D eigenvalue weighted by molar-refractivity contribution is 5.94. The van der Waals surface area contributed by atoms with Gasteiger partial charge in [0.25, 0.3) is 5.91 Å². The molecule has 0 aliphatic carbocycles. The number of nitrogens with one attached hydrogen (secondary N) is 1. The Morgan fingerprint density at radius 3 is 2.62 bits per heavy atom. The number of imidazole rings is 1. The molecule has 1 unspecified atom stereocenters. The van der Waals surface area contributed by atoms with Gasteiger partial charge in [0.2, 0.25) is 0 Å². The summed E-state index contributed by atoms with van der Waals surface area (Å²) in [5.41, 5.74) is 1.07. The van der Waals surface area contributed by atoms with Gasteiger partial charge >= 0.3 is 0 Å². The molecular weight excluding hydrogens is 378 g/mol. The number of rotatable bonds is 4. The Labute approximate surface area is 169 Å². The first-order valence-electron chi connectivity index (χ1n) is 9.77. The Morgan fingerprint density at radius 2 is 2.00 bits per heavy atom. The molecule has 1 aromatic carbocycles. The third kappa shape index (κ3) is 4.48. The summed E-state index contributed by atoms with van der Waals surface area (Å²) in [6, 6.07) is 3.20. The first kappa shape index (κ1) is 21.4. The highest BCUT2D eigenvalue weighted by Gasteiger charge is 2.30. The molecule has 1 atom stereocenters. The Bertz CT molecular complexity index is 905. The van der Waals surface area contributed by atoms with E-state index < -0.39 is 17.7 Å². The molecule has 29 heavy (non-hydrogen) atoms. The number of halogens is 2. The van der Waals surface area contributed by atoms with Crippen LogP contribution in [0.3, 0.4) is 0 Å². The van der Waals surface area contributed by atoms with Gasteiger partial charge in [0.15, 0.2) is 17.3 Å². The summed E-state index contributed by atoms with van der Waals surface area (Å²) in [6.07, 6.45) is 0.846. The molecule has 1 aliphatic rings. The smallest absolute Gasteiger partial charge is 0.272 e. The summed E-state index contributed by atoms with van der Waals surface area (Å²) < 4.78 is 29.1. The predicted molar refractivity (Wildman–Crippen MR) is 106 cm³/mol. The van der Waals surface area contributed by atoms with Crippen LogP contribution in [0.2, 0.25) is 0 Å². The van der Waals surface area contributed by atoms with Crippen molar-refractivity contribution in [3.8, 4) is 11.4 Å². The average molecular weight is 406 g/mol. The van der Waals surface area contributed by atoms with E-state index in [0.717, 1.165) is 30.8 Å². The largest absolute Gasteiger partial charge is 0.394 e. The van der Waals surface area contributed by atoms with Gasteiger partial charge in [-0.25, -0.2) is 13.8 Å². The van der Waals surface area contributed by atoms with E-state index in [9.17, 15) is 18.7 Å². The maximum atomic E-state index is 13.8. The fourth-order valence-electron chi connectivity index (χ4n) is 3.52. The molecule has 2 heterocycles. The van der Waals surface area contributed by atoms with Crippen LogP contribution in [-0.4, -0.2) is 51.7 Å². The van der Waals surface area contributed by atoms with E-state index in [-0.39, 0.29) is 23.6 Å². The number of aliphatic hydroxyl groups is 1. The predicted octanol–water partition coefficient (Wildman–Crippen LogP) is 2.80. The van der Waals surface area contributed by atoms with E-state index in [1.54, 1.807) is 0 Å². The van der Waals surface area contributed by atoms with Crippen LogP contribution < -0.4 is 5.32 Å². The monoisotopic (exact) mass is 406 g/mol. The van der Waals surface area contributed by atoms with E-state index >= 15 is 0 Å². The molecule has 1 aliphatic heterocycles. The van der Waals surface area contributed by atoms with Gasteiger partial charge in [0.1, 0.15) is 5.82 Å². The minimum atomic E-state index is -0.954. The van der Waals surface area contributed by atoms with Gasteiger partial charge in [-0.3, -0.25) is 4.79 Å². The first-order chi connectivity index (χ1) is 13.6. The topological polar surface area (TPSA) is 70.4 Å². The molecule has 0 spiro atoms. The first-order valence-corrected chi connectivity index (χ1v) is 9.77. The third-order valence-corrected chi connectivity index (χ3v) is 5.34. The van der Waals surface area contributed by atoms with Crippen molar-refractivity contribution in [3.63, 3.8) is 0 Å². The van der Waals surface area contributed by atoms with Crippen LogP contribution in [0.1, 0.15) is 43.4 Å². The number of fused-ring (bicyclic) bond motifs is 1. The van der Waals surface area contributed by atoms with Crippen molar-refractivity contribution in [2.24, 2.45) is 5.41 Å². The van der Waals surface area contributed by atoms with Gasteiger partial charge in [-0.05, 0) is 43.6 Å². The van der Waals surface area contributed by atoms with Crippen LogP contribution in [-0.2, 0) is 13.1 Å². The van der Waals surface area contributed by atoms with Gasteiger partial charge in [0, 0.05) is 18.7 Å². The molecule has 0 saturated heterocycles. The molecule has 158 valence electrons. The van der Waals surface area contributed by atoms with Crippen LogP contribution in [0.25, 0.3) is 11.4 Å². The van der Waals surface area contributed by atoms with Crippen LogP contribution in [0, 0.1) is 17.0 Å². The number of aliphatic hydroxyl groups excluding tert-OH is 1. The van der Waals surface area contributed by atoms with Crippen molar-refractivity contribution in [1.82, 2.24) is 19.8 Å². The van der Waals surface area contributed by atoms with Gasteiger partial charge in [-0.15, -0.1) is 0 Å². The molecule has 0 radical (unpaired) electrons. The zero-order valence-corrected chi connectivity index (χ0v) is 17.3. The lowest BCUT2D eigenvalue weighted by atomic mass is 9.87. The van der Waals surface area contributed by atoms with Crippen molar-refractivity contribution in [2.45, 2.75) is 46.3 Å².